The smallest absolute Gasteiger partial charge is 0.407 e. The lowest BCUT2D eigenvalue weighted by Gasteiger charge is -2.41. The summed E-state index contributed by atoms with van der Waals surface area (Å²) in [6.07, 6.45) is 4.35. The van der Waals surface area contributed by atoms with Gasteiger partial charge in [0.05, 0.1) is 0 Å². The molecular weight excluding hydrogens is 444 g/mol. The third kappa shape index (κ3) is 5.66. The molecule has 0 heterocycles. The van der Waals surface area contributed by atoms with Crippen molar-refractivity contribution in [3.8, 4) is 11.1 Å². The van der Waals surface area contributed by atoms with E-state index in [1.165, 1.54) is 11.1 Å². The zero-order chi connectivity index (χ0) is 24.8. The highest BCUT2D eigenvalue weighted by Gasteiger charge is 2.40. The molecule has 7 nitrogen and oxygen atoms in total. The lowest BCUT2D eigenvalue weighted by atomic mass is 9.66. The third-order valence-corrected chi connectivity index (χ3v) is 7.38. The van der Waals surface area contributed by atoms with Crippen LogP contribution < -0.4 is 10.6 Å². The first kappa shape index (κ1) is 24.8. The maximum atomic E-state index is 12.6. The maximum Gasteiger partial charge on any atom is 0.407 e. The quantitative estimate of drug-likeness (QED) is 0.428. The van der Waals surface area contributed by atoms with Gasteiger partial charge in [0.2, 0.25) is 5.91 Å². The molecule has 0 bridgehead atoms. The molecule has 1 atom stereocenters. The van der Waals surface area contributed by atoms with Gasteiger partial charge in [-0.3, -0.25) is 4.79 Å². The van der Waals surface area contributed by atoms with Crippen LogP contribution in [0.25, 0.3) is 11.1 Å². The lowest BCUT2D eigenvalue weighted by molar-refractivity contribution is -0.142. The first-order valence-corrected chi connectivity index (χ1v) is 12.5. The van der Waals surface area contributed by atoms with Crippen molar-refractivity contribution in [1.29, 1.82) is 0 Å². The molecule has 7 heteroatoms. The second kappa shape index (κ2) is 10.9. The fraction of sp³-hybridized carbons (Fsp3) is 0.464. The maximum absolute atomic E-state index is 12.6. The number of benzene rings is 2. The summed E-state index contributed by atoms with van der Waals surface area (Å²) in [5, 5.41) is 14.9. The predicted octanol–water partition coefficient (Wildman–Crippen LogP) is 4.85. The van der Waals surface area contributed by atoms with Crippen molar-refractivity contribution in [2.24, 2.45) is 5.41 Å². The monoisotopic (exact) mass is 478 g/mol. The van der Waals surface area contributed by atoms with Crippen LogP contribution in [0.2, 0.25) is 0 Å². The number of carboxylic acids is 1. The number of hydrogen-bond acceptors (Lipinski definition) is 4. The standard InChI is InChI=1S/C28H34N2O5/c1-2-3-13-24(26(32)33)30-25(31)16-28(14-8-15-28)18-29-27(34)35-17-23-21-11-6-4-9-19(21)20-10-5-7-12-22(20)23/h4-7,9-12,23-24H,2-3,8,13-18H2,1H3,(H,29,34)(H,30,31)(H,32,33)/t24-/m0/s1. The molecule has 1 saturated carbocycles. The van der Waals surface area contributed by atoms with Crippen LogP contribution in [0, 0.1) is 5.41 Å². The Bertz CT molecular complexity index is 1030. The zero-order valence-electron chi connectivity index (χ0n) is 20.2. The molecule has 0 aromatic heterocycles. The van der Waals surface area contributed by atoms with Crippen LogP contribution in [0.4, 0.5) is 4.79 Å². The van der Waals surface area contributed by atoms with Gasteiger partial charge in [-0.2, -0.15) is 0 Å². The molecule has 2 aliphatic rings. The van der Waals surface area contributed by atoms with Crippen molar-refractivity contribution >= 4 is 18.0 Å². The minimum Gasteiger partial charge on any atom is -0.480 e. The van der Waals surface area contributed by atoms with Crippen molar-refractivity contribution in [3.63, 3.8) is 0 Å². The van der Waals surface area contributed by atoms with Gasteiger partial charge in [-0.05, 0) is 46.9 Å². The Labute approximate surface area is 206 Å². The first-order valence-electron chi connectivity index (χ1n) is 12.5. The molecule has 186 valence electrons. The van der Waals surface area contributed by atoms with Gasteiger partial charge in [-0.1, -0.05) is 74.7 Å². The van der Waals surface area contributed by atoms with Gasteiger partial charge < -0.3 is 20.5 Å². The van der Waals surface area contributed by atoms with E-state index in [0.29, 0.717) is 13.0 Å². The Hall–Kier alpha value is -3.35. The molecule has 35 heavy (non-hydrogen) atoms. The number of ether oxygens (including phenoxy) is 1. The average Bonchev–Trinajstić information content (AvgIpc) is 3.15. The number of nitrogens with one attached hydrogen (secondary N) is 2. The van der Waals surface area contributed by atoms with E-state index in [4.69, 9.17) is 4.74 Å². The second-order valence-corrected chi connectivity index (χ2v) is 9.81. The Morgan fingerprint density at radius 1 is 1.06 bits per heavy atom. The SMILES string of the molecule is CCCC[C@H](NC(=O)CC1(CNC(=O)OCC2c3ccccc3-c3ccccc32)CCC1)C(=O)O. The van der Waals surface area contributed by atoms with Crippen LogP contribution in [0.1, 0.15) is 68.9 Å². The number of alkyl carbamates (subject to hydrolysis) is 1. The summed E-state index contributed by atoms with van der Waals surface area (Å²) in [4.78, 5) is 36.6. The molecule has 0 unspecified atom stereocenters. The van der Waals surface area contributed by atoms with Crippen molar-refractivity contribution < 1.29 is 24.2 Å². The van der Waals surface area contributed by atoms with Gasteiger partial charge in [0.15, 0.2) is 0 Å². The Morgan fingerprint density at radius 3 is 2.23 bits per heavy atom. The van der Waals surface area contributed by atoms with Crippen LogP contribution in [0.3, 0.4) is 0 Å². The third-order valence-electron chi connectivity index (χ3n) is 7.38. The highest BCUT2D eigenvalue weighted by molar-refractivity contribution is 5.84. The van der Waals surface area contributed by atoms with E-state index in [1.54, 1.807) is 0 Å². The lowest BCUT2D eigenvalue weighted by Crippen LogP contribution is -2.48. The summed E-state index contributed by atoms with van der Waals surface area (Å²) in [6.45, 7) is 2.56. The van der Waals surface area contributed by atoms with Crippen molar-refractivity contribution in [2.75, 3.05) is 13.2 Å². The molecule has 3 N–H and O–H groups in total. The first-order chi connectivity index (χ1) is 16.9. The number of carbonyl (C=O) groups excluding carboxylic acids is 2. The van der Waals surface area contributed by atoms with E-state index < -0.39 is 18.1 Å². The van der Waals surface area contributed by atoms with Crippen molar-refractivity contribution in [2.45, 2.75) is 63.8 Å². The van der Waals surface area contributed by atoms with Gasteiger partial charge in [0.25, 0.3) is 0 Å². The minimum atomic E-state index is -1.01. The van der Waals surface area contributed by atoms with E-state index >= 15 is 0 Å². The number of carboxylic acid groups (broad SMARTS) is 1. The summed E-state index contributed by atoms with van der Waals surface area (Å²) >= 11 is 0. The van der Waals surface area contributed by atoms with Crippen molar-refractivity contribution in [3.05, 3.63) is 59.7 Å². The molecule has 0 aliphatic heterocycles. The van der Waals surface area contributed by atoms with Crippen LogP contribution in [-0.4, -0.2) is 42.3 Å². The molecule has 2 amide bonds. The Kier molecular flexibility index (Phi) is 7.73. The Morgan fingerprint density at radius 2 is 1.69 bits per heavy atom. The summed E-state index contributed by atoms with van der Waals surface area (Å²) in [5.41, 5.74) is 4.32. The number of rotatable bonds is 11. The van der Waals surface area contributed by atoms with Crippen LogP contribution in [0.5, 0.6) is 0 Å². The highest BCUT2D eigenvalue weighted by Crippen LogP contribution is 2.45. The van der Waals surface area contributed by atoms with Gasteiger partial charge in [-0.15, -0.1) is 0 Å². The number of amides is 2. The number of unbranched alkanes of at least 4 members (excludes halogenated alkanes) is 1. The van der Waals surface area contributed by atoms with Crippen LogP contribution in [-0.2, 0) is 14.3 Å². The number of hydrogen-bond donors (Lipinski definition) is 3. The van der Waals surface area contributed by atoms with Gasteiger partial charge in [0, 0.05) is 18.9 Å². The van der Waals surface area contributed by atoms with Gasteiger partial charge in [-0.25, -0.2) is 9.59 Å². The van der Waals surface area contributed by atoms with E-state index in [-0.39, 0.29) is 30.3 Å². The number of carbonyl (C=O) groups is 3. The summed E-state index contributed by atoms with van der Waals surface area (Å²) in [6, 6.07) is 15.5. The average molecular weight is 479 g/mol. The van der Waals surface area contributed by atoms with Gasteiger partial charge >= 0.3 is 12.1 Å². The minimum absolute atomic E-state index is 0.00679. The fourth-order valence-corrected chi connectivity index (χ4v) is 5.25. The van der Waals surface area contributed by atoms with Crippen LogP contribution in [0.15, 0.2) is 48.5 Å². The van der Waals surface area contributed by atoms with E-state index in [2.05, 4.69) is 34.9 Å². The second-order valence-electron chi connectivity index (χ2n) is 9.81. The number of fused-ring (bicyclic) bond motifs is 3. The molecule has 0 saturated heterocycles. The fourth-order valence-electron chi connectivity index (χ4n) is 5.25. The topological polar surface area (TPSA) is 105 Å². The molecule has 0 spiro atoms. The molecule has 0 radical (unpaired) electrons. The molecule has 2 aromatic carbocycles. The predicted molar refractivity (Wildman–Crippen MR) is 133 cm³/mol. The van der Waals surface area contributed by atoms with Crippen LogP contribution >= 0.6 is 0 Å². The summed E-state index contributed by atoms with van der Waals surface area (Å²) in [7, 11) is 0. The number of aliphatic carboxylic acids is 1. The van der Waals surface area contributed by atoms with E-state index in [0.717, 1.165) is 43.2 Å². The zero-order valence-corrected chi connectivity index (χ0v) is 20.2. The Balaban J connectivity index is 1.29. The summed E-state index contributed by atoms with van der Waals surface area (Å²) < 4.78 is 5.62. The molecule has 1 fully saturated rings. The van der Waals surface area contributed by atoms with Gasteiger partial charge in [0.1, 0.15) is 12.6 Å². The summed E-state index contributed by atoms with van der Waals surface area (Å²) in [5.74, 6) is -1.29. The molecule has 2 aliphatic carbocycles. The molecule has 2 aromatic rings. The van der Waals surface area contributed by atoms with E-state index in [1.807, 2.05) is 31.2 Å². The molecular formula is C28H34N2O5. The van der Waals surface area contributed by atoms with E-state index in [9.17, 15) is 19.5 Å². The van der Waals surface area contributed by atoms with Crippen molar-refractivity contribution in [1.82, 2.24) is 10.6 Å². The highest BCUT2D eigenvalue weighted by atomic mass is 16.5. The largest absolute Gasteiger partial charge is 0.480 e. The normalized spacial score (nSPS) is 16.4. The molecule has 4 rings (SSSR count).